The monoisotopic (exact) mass is 356 g/mol. The number of carbonyl (C=O) groups is 1. The highest BCUT2D eigenvalue weighted by molar-refractivity contribution is 5.79. The molecule has 1 spiro atoms. The average molecular weight is 356 g/mol. The van der Waals surface area contributed by atoms with Crippen molar-refractivity contribution in [3.63, 3.8) is 0 Å². The summed E-state index contributed by atoms with van der Waals surface area (Å²) < 4.78 is 12.1. The highest BCUT2D eigenvalue weighted by Crippen LogP contribution is 2.36. The van der Waals surface area contributed by atoms with E-state index in [1.54, 1.807) is 6.20 Å². The number of pyridine rings is 1. The van der Waals surface area contributed by atoms with Crippen LogP contribution in [0.4, 0.5) is 0 Å². The van der Waals surface area contributed by atoms with E-state index >= 15 is 0 Å². The Morgan fingerprint density at radius 2 is 2.31 bits per heavy atom. The van der Waals surface area contributed by atoms with Gasteiger partial charge in [-0.15, -0.1) is 0 Å². The van der Waals surface area contributed by atoms with E-state index in [-0.39, 0.29) is 17.6 Å². The Labute approximate surface area is 155 Å². The standard InChI is InChI=1S/C21H28N2O3/c24-20(13-17-7-2-1-3-8-17)23-12-6-10-21(16-23)14-18(15-25-21)26-19-9-4-5-11-22-19/h4-5,7,9,11,18H,1-3,6,8,10,12-16H2/t18-,21-/m1/s1. The van der Waals surface area contributed by atoms with Gasteiger partial charge in [-0.25, -0.2) is 4.98 Å². The van der Waals surface area contributed by atoms with Crippen molar-refractivity contribution in [2.24, 2.45) is 0 Å². The molecule has 0 bridgehead atoms. The maximum atomic E-state index is 12.8. The number of amides is 1. The molecule has 5 heteroatoms. The second-order valence-corrected chi connectivity index (χ2v) is 7.81. The molecule has 3 heterocycles. The fraction of sp³-hybridized carbons (Fsp3) is 0.619. The SMILES string of the molecule is O=C(CC1=CCCCC1)N1CCC[C@@]2(C[C@@H](Oc3ccccn3)CO2)C1. The van der Waals surface area contributed by atoms with Crippen LogP contribution in [0.1, 0.15) is 51.4 Å². The number of carbonyl (C=O) groups excluding carboxylic acids is 1. The average Bonchev–Trinajstić information content (AvgIpc) is 3.05. The van der Waals surface area contributed by atoms with Gasteiger partial charge in [0.15, 0.2) is 0 Å². The summed E-state index contributed by atoms with van der Waals surface area (Å²) in [6.07, 6.45) is 12.1. The second kappa shape index (κ2) is 7.78. The summed E-state index contributed by atoms with van der Waals surface area (Å²) in [4.78, 5) is 19.0. The first-order valence-electron chi connectivity index (χ1n) is 9.90. The lowest BCUT2D eigenvalue weighted by molar-refractivity contribution is -0.138. The molecule has 3 aliphatic rings. The number of hydrogen-bond donors (Lipinski definition) is 0. The highest BCUT2D eigenvalue weighted by Gasteiger charge is 2.45. The van der Waals surface area contributed by atoms with Crippen molar-refractivity contribution in [3.05, 3.63) is 36.0 Å². The zero-order chi connectivity index (χ0) is 17.8. The fourth-order valence-electron chi connectivity index (χ4n) is 4.43. The normalized spacial score (nSPS) is 28.8. The van der Waals surface area contributed by atoms with Gasteiger partial charge in [-0.2, -0.15) is 0 Å². The summed E-state index contributed by atoms with van der Waals surface area (Å²) in [5, 5.41) is 0. The molecule has 5 nitrogen and oxygen atoms in total. The minimum absolute atomic E-state index is 0.0148. The number of likely N-dealkylation sites (tertiary alicyclic amines) is 1. The first-order chi connectivity index (χ1) is 12.7. The van der Waals surface area contributed by atoms with Crippen molar-refractivity contribution in [2.45, 2.75) is 63.1 Å². The van der Waals surface area contributed by atoms with E-state index in [4.69, 9.17) is 9.47 Å². The number of rotatable bonds is 4. The molecule has 0 aromatic carbocycles. The summed E-state index contributed by atoms with van der Waals surface area (Å²) >= 11 is 0. The van der Waals surface area contributed by atoms with Crippen molar-refractivity contribution in [3.8, 4) is 5.88 Å². The first kappa shape index (κ1) is 17.5. The fourth-order valence-corrected chi connectivity index (χ4v) is 4.43. The molecule has 1 amide bonds. The summed E-state index contributed by atoms with van der Waals surface area (Å²) in [6.45, 7) is 2.12. The maximum absolute atomic E-state index is 12.8. The van der Waals surface area contributed by atoms with Gasteiger partial charge in [0.25, 0.3) is 0 Å². The van der Waals surface area contributed by atoms with Crippen molar-refractivity contribution >= 4 is 5.91 Å². The number of hydrogen-bond acceptors (Lipinski definition) is 4. The van der Waals surface area contributed by atoms with Crippen LogP contribution < -0.4 is 4.74 Å². The summed E-state index contributed by atoms with van der Waals surface area (Å²) in [6, 6.07) is 5.68. The first-order valence-corrected chi connectivity index (χ1v) is 9.90. The van der Waals surface area contributed by atoms with E-state index in [1.165, 1.54) is 18.4 Å². The van der Waals surface area contributed by atoms with Crippen LogP contribution in [0.3, 0.4) is 0 Å². The van der Waals surface area contributed by atoms with E-state index in [2.05, 4.69) is 11.1 Å². The van der Waals surface area contributed by atoms with Crippen LogP contribution in [0.2, 0.25) is 0 Å². The van der Waals surface area contributed by atoms with Crippen LogP contribution in [-0.2, 0) is 9.53 Å². The van der Waals surface area contributed by atoms with Crippen LogP contribution in [0.5, 0.6) is 5.88 Å². The molecule has 4 rings (SSSR count). The lowest BCUT2D eigenvalue weighted by Crippen LogP contribution is -2.50. The lowest BCUT2D eigenvalue weighted by Gasteiger charge is -2.39. The largest absolute Gasteiger partial charge is 0.472 e. The summed E-state index contributed by atoms with van der Waals surface area (Å²) in [5.41, 5.74) is 1.08. The Hall–Kier alpha value is -1.88. The molecular weight excluding hydrogens is 328 g/mol. The number of allylic oxidation sites excluding steroid dienone is 1. The third-order valence-corrected chi connectivity index (χ3v) is 5.76. The van der Waals surface area contributed by atoms with Gasteiger partial charge in [0.1, 0.15) is 6.10 Å². The van der Waals surface area contributed by atoms with Crippen LogP contribution in [0, 0.1) is 0 Å². The molecular formula is C21H28N2O3. The Morgan fingerprint density at radius 1 is 1.35 bits per heavy atom. The molecule has 140 valence electrons. The van der Waals surface area contributed by atoms with Crippen LogP contribution >= 0.6 is 0 Å². The van der Waals surface area contributed by atoms with E-state index < -0.39 is 0 Å². The molecule has 26 heavy (non-hydrogen) atoms. The van der Waals surface area contributed by atoms with Gasteiger partial charge in [-0.1, -0.05) is 17.7 Å². The number of aromatic nitrogens is 1. The zero-order valence-electron chi connectivity index (χ0n) is 15.4. The summed E-state index contributed by atoms with van der Waals surface area (Å²) in [5.74, 6) is 0.904. The molecule has 0 saturated carbocycles. The molecule has 2 saturated heterocycles. The Bertz CT molecular complexity index is 660. The van der Waals surface area contributed by atoms with Crippen LogP contribution in [0.25, 0.3) is 0 Å². The van der Waals surface area contributed by atoms with Gasteiger partial charge >= 0.3 is 0 Å². The van der Waals surface area contributed by atoms with Gasteiger partial charge in [-0.05, 0) is 44.6 Å². The smallest absolute Gasteiger partial charge is 0.226 e. The second-order valence-electron chi connectivity index (χ2n) is 7.81. The Kier molecular flexibility index (Phi) is 5.25. The van der Waals surface area contributed by atoms with Crippen LogP contribution in [0.15, 0.2) is 36.0 Å². The predicted octanol–water partition coefficient (Wildman–Crippen LogP) is 3.50. The molecule has 1 aromatic heterocycles. The maximum Gasteiger partial charge on any atom is 0.226 e. The third kappa shape index (κ3) is 4.09. The topological polar surface area (TPSA) is 51.7 Å². The molecule has 0 unspecified atom stereocenters. The summed E-state index contributed by atoms with van der Waals surface area (Å²) in [7, 11) is 0. The number of nitrogens with zero attached hydrogens (tertiary/aromatic N) is 2. The molecule has 0 N–H and O–H groups in total. The van der Waals surface area contributed by atoms with Gasteiger partial charge in [0.2, 0.25) is 11.8 Å². The van der Waals surface area contributed by atoms with Gasteiger partial charge < -0.3 is 14.4 Å². The Morgan fingerprint density at radius 3 is 3.12 bits per heavy atom. The quantitative estimate of drug-likeness (QED) is 0.775. The molecule has 0 radical (unpaired) electrons. The van der Waals surface area contributed by atoms with E-state index in [0.717, 1.165) is 38.6 Å². The molecule has 2 fully saturated rings. The third-order valence-electron chi connectivity index (χ3n) is 5.76. The zero-order valence-corrected chi connectivity index (χ0v) is 15.4. The van der Waals surface area contributed by atoms with Gasteiger partial charge in [0.05, 0.1) is 12.2 Å². The van der Waals surface area contributed by atoms with Crippen molar-refractivity contribution in [1.82, 2.24) is 9.88 Å². The van der Waals surface area contributed by atoms with Gasteiger partial charge in [0, 0.05) is 38.2 Å². The van der Waals surface area contributed by atoms with E-state index in [9.17, 15) is 4.79 Å². The van der Waals surface area contributed by atoms with E-state index in [0.29, 0.717) is 25.5 Å². The molecule has 2 atom stereocenters. The van der Waals surface area contributed by atoms with Gasteiger partial charge in [-0.3, -0.25) is 4.79 Å². The van der Waals surface area contributed by atoms with Crippen LogP contribution in [-0.4, -0.2) is 47.2 Å². The number of ether oxygens (including phenoxy) is 2. The highest BCUT2D eigenvalue weighted by atomic mass is 16.6. The van der Waals surface area contributed by atoms with E-state index in [1.807, 2.05) is 23.1 Å². The number of piperidine rings is 1. The van der Waals surface area contributed by atoms with Crippen molar-refractivity contribution in [1.29, 1.82) is 0 Å². The molecule has 2 aliphatic heterocycles. The lowest BCUT2D eigenvalue weighted by atomic mass is 9.88. The Balaban J connectivity index is 1.34. The predicted molar refractivity (Wildman–Crippen MR) is 98.9 cm³/mol. The molecule has 1 aromatic rings. The minimum Gasteiger partial charge on any atom is -0.472 e. The minimum atomic E-state index is -0.242. The molecule has 1 aliphatic carbocycles. The van der Waals surface area contributed by atoms with Crippen molar-refractivity contribution in [2.75, 3.05) is 19.7 Å². The van der Waals surface area contributed by atoms with Crippen molar-refractivity contribution < 1.29 is 14.3 Å².